The molecule has 2 aliphatic heterocycles. The number of halogens is 1. The third-order valence-corrected chi connectivity index (χ3v) is 5.25. The molecule has 5 heteroatoms. The largest absolute Gasteiger partial charge is 0.375 e. The van der Waals surface area contributed by atoms with Crippen LogP contribution in [0.1, 0.15) is 63.0 Å². The fourth-order valence-electron chi connectivity index (χ4n) is 3.67. The molecule has 2 aliphatic rings. The van der Waals surface area contributed by atoms with Crippen LogP contribution in [0.25, 0.3) is 0 Å². The monoisotopic (exact) mass is 370 g/mol. The number of benzene rings is 1. The molecule has 0 bridgehead atoms. The van der Waals surface area contributed by atoms with Crippen molar-refractivity contribution in [2.75, 3.05) is 6.61 Å². The molecule has 0 radical (unpaired) electrons. The second-order valence-corrected chi connectivity index (χ2v) is 7.87. The molecule has 0 saturated heterocycles. The lowest BCUT2D eigenvalue weighted by molar-refractivity contribution is -0.116. The van der Waals surface area contributed by atoms with E-state index >= 15 is 0 Å². The number of ether oxygens (including phenoxy) is 1. The molecular weight excluding hydrogens is 348 g/mol. The van der Waals surface area contributed by atoms with Gasteiger partial charge in [-0.15, -0.1) is 0 Å². The maximum absolute atomic E-state index is 13.0. The molecule has 0 fully saturated rings. The molecule has 0 saturated carbocycles. The predicted octanol–water partition coefficient (Wildman–Crippen LogP) is 4.96. The fourth-order valence-corrected chi connectivity index (χ4v) is 3.90. The van der Waals surface area contributed by atoms with Gasteiger partial charge in [-0.05, 0) is 50.8 Å². The molecule has 2 heterocycles. The molecule has 26 heavy (non-hydrogen) atoms. The van der Waals surface area contributed by atoms with Crippen molar-refractivity contribution in [1.29, 1.82) is 5.26 Å². The summed E-state index contributed by atoms with van der Waals surface area (Å²) in [5.74, 6) is 0.0879. The van der Waals surface area contributed by atoms with E-state index in [1.807, 2.05) is 32.2 Å². The van der Waals surface area contributed by atoms with E-state index in [-0.39, 0.29) is 17.3 Å². The molecule has 0 aliphatic carbocycles. The van der Waals surface area contributed by atoms with Gasteiger partial charge in [0.2, 0.25) is 0 Å². The van der Waals surface area contributed by atoms with Gasteiger partial charge in [-0.1, -0.05) is 17.7 Å². The SMILES string of the molecule is CC1(C)CC2=C(C(=O)CCCO1)C(c1ccc(C#N)c(Cl)c1)CCC=N2. The number of carbonyl (C=O) groups excluding carboxylic acids is 1. The fraction of sp³-hybridized carbons (Fsp3) is 0.476. The summed E-state index contributed by atoms with van der Waals surface area (Å²) in [6.45, 7) is 4.67. The van der Waals surface area contributed by atoms with Crippen LogP contribution in [0, 0.1) is 11.3 Å². The molecule has 0 amide bonds. The van der Waals surface area contributed by atoms with E-state index in [4.69, 9.17) is 21.6 Å². The van der Waals surface area contributed by atoms with E-state index in [1.54, 1.807) is 6.07 Å². The molecule has 136 valence electrons. The number of nitriles is 1. The Morgan fingerprint density at radius 3 is 2.92 bits per heavy atom. The highest BCUT2D eigenvalue weighted by atomic mass is 35.5. The van der Waals surface area contributed by atoms with Crippen molar-refractivity contribution < 1.29 is 9.53 Å². The van der Waals surface area contributed by atoms with Gasteiger partial charge >= 0.3 is 0 Å². The summed E-state index contributed by atoms with van der Waals surface area (Å²) in [6, 6.07) is 7.55. The first kappa shape index (κ1) is 18.8. The maximum atomic E-state index is 13.0. The zero-order chi connectivity index (χ0) is 18.7. The van der Waals surface area contributed by atoms with Crippen LogP contribution >= 0.6 is 11.6 Å². The normalized spacial score (nSPS) is 23.3. The molecule has 0 spiro atoms. The number of carbonyl (C=O) groups is 1. The van der Waals surface area contributed by atoms with Gasteiger partial charge in [-0.3, -0.25) is 9.79 Å². The molecule has 0 aromatic heterocycles. The van der Waals surface area contributed by atoms with Gasteiger partial charge in [0, 0.05) is 37.2 Å². The summed E-state index contributed by atoms with van der Waals surface area (Å²) in [7, 11) is 0. The molecule has 0 N–H and O–H groups in total. The van der Waals surface area contributed by atoms with Crippen LogP contribution in [0.4, 0.5) is 0 Å². The van der Waals surface area contributed by atoms with Gasteiger partial charge in [0.05, 0.1) is 21.9 Å². The number of hydrogen-bond acceptors (Lipinski definition) is 4. The summed E-state index contributed by atoms with van der Waals surface area (Å²) in [5.41, 5.74) is 2.67. The Hall–Kier alpha value is -1.96. The lowest BCUT2D eigenvalue weighted by atomic mass is 9.82. The number of ketones is 1. The van der Waals surface area contributed by atoms with E-state index in [0.29, 0.717) is 36.5 Å². The van der Waals surface area contributed by atoms with E-state index < -0.39 is 0 Å². The zero-order valence-electron chi connectivity index (χ0n) is 15.2. The minimum Gasteiger partial charge on any atom is -0.375 e. The first-order chi connectivity index (χ1) is 12.4. The van der Waals surface area contributed by atoms with Gasteiger partial charge in [-0.2, -0.15) is 5.26 Å². The summed E-state index contributed by atoms with van der Waals surface area (Å²) in [6.07, 6.45) is 5.28. The molecular formula is C21H23ClN2O2. The van der Waals surface area contributed by atoms with Crippen molar-refractivity contribution in [3.8, 4) is 6.07 Å². The Balaban J connectivity index is 2.10. The van der Waals surface area contributed by atoms with Crippen molar-refractivity contribution in [3.63, 3.8) is 0 Å². The topological polar surface area (TPSA) is 62.5 Å². The van der Waals surface area contributed by atoms with Crippen molar-refractivity contribution in [3.05, 3.63) is 45.6 Å². The van der Waals surface area contributed by atoms with Gasteiger partial charge in [0.1, 0.15) is 6.07 Å². The number of Topliss-reactive ketones (excluding diaryl/α,β-unsaturated/α-hetero) is 1. The number of aliphatic imine (C=N–C) groups is 1. The highest BCUT2D eigenvalue weighted by Crippen LogP contribution is 2.39. The molecule has 3 rings (SSSR count). The Labute approximate surface area is 159 Å². The Morgan fingerprint density at radius 2 is 2.19 bits per heavy atom. The minimum atomic E-state index is -0.361. The zero-order valence-corrected chi connectivity index (χ0v) is 16.0. The number of hydrogen-bond donors (Lipinski definition) is 0. The average molecular weight is 371 g/mol. The Kier molecular flexibility index (Phi) is 5.60. The molecule has 1 atom stereocenters. The second kappa shape index (κ2) is 7.73. The van der Waals surface area contributed by atoms with E-state index in [1.165, 1.54) is 0 Å². The molecule has 1 aromatic carbocycles. The van der Waals surface area contributed by atoms with Crippen molar-refractivity contribution in [1.82, 2.24) is 0 Å². The van der Waals surface area contributed by atoms with Crippen LogP contribution in [0.2, 0.25) is 5.02 Å². The first-order valence-electron chi connectivity index (χ1n) is 9.03. The second-order valence-electron chi connectivity index (χ2n) is 7.46. The van der Waals surface area contributed by atoms with Gasteiger partial charge in [0.15, 0.2) is 5.78 Å². The van der Waals surface area contributed by atoms with Gasteiger partial charge < -0.3 is 4.74 Å². The van der Waals surface area contributed by atoms with Gasteiger partial charge in [0.25, 0.3) is 0 Å². The van der Waals surface area contributed by atoms with Crippen LogP contribution in [0.3, 0.4) is 0 Å². The Morgan fingerprint density at radius 1 is 1.38 bits per heavy atom. The van der Waals surface area contributed by atoms with E-state index in [0.717, 1.165) is 29.7 Å². The van der Waals surface area contributed by atoms with Crippen molar-refractivity contribution >= 4 is 23.6 Å². The molecule has 1 unspecified atom stereocenters. The summed E-state index contributed by atoms with van der Waals surface area (Å²) in [4.78, 5) is 17.7. The highest BCUT2D eigenvalue weighted by molar-refractivity contribution is 6.31. The smallest absolute Gasteiger partial charge is 0.161 e. The van der Waals surface area contributed by atoms with E-state index in [2.05, 4.69) is 11.1 Å². The quantitative estimate of drug-likeness (QED) is 0.701. The van der Waals surface area contributed by atoms with Crippen LogP contribution in [0.15, 0.2) is 34.5 Å². The lowest BCUT2D eigenvalue weighted by Gasteiger charge is -2.26. The molecule has 4 nitrogen and oxygen atoms in total. The molecule has 1 aromatic rings. The first-order valence-corrected chi connectivity index (χ1v) is 9.41. The van der Waals surface area contributed by atoms with Crippen LogP contribution < -0.4 is 0 Å². The average Bonchev–Trinajstić information content (AvgIpc) is 2.77. The number of allylic oxidation sites excluding steroid dienone is 1. The summed E-state index contributed by atoms with van der Waals surface area (Å²) >= 11 is 6.26. The van der Waals surface area contributed by atoms with Crippen molar-refractivity contribution in [2.45, 2.75) is 57.5 Å². The highest BCUT2D eigenvalue weighted by Gasteiger charge is 2.32. The minimum absolute atomic E-state index is 0.0563. The van der Waals surface area contributed by atoms with Gasteiger partial charge in [-0.25, -0.2) is 0 Å². The Bertz CT molecular complexity index is 818. The van der Waals surface area contributed by atoms with Crippen LogP contribution in [-0.2, 0) is 9.53 Å². The van der Waals surface area contributed by atoms with E-state index in [9.17, 15) is 4.79 Å². The number of nitrogens with zero attached hydrogens (tertiary/aromatic N) is 2. The third kappa shape index (κ3) is 4.06. The maximum Gasteiger partial charge on any atom is 0.161 e. The van der Waals surface area contributed by atoms with Crippen molar-refractivity contribution in [2.24, 2.45) is 4.99 Å². The third-order valence-electron chi connectivity index (χ3n) is 4.94. The predicted molar refractivity (Wildman–Crippen MR) is 103 cm³/mol. The standard InChI is InChI=1S/C21H23ClN2O2/c1-21(2)12-18-20(19(25)6-4-10-26-21)16(5-3-9-24-18)14-7-8-15(13-23)17(22)11-14/h7-9,11,16H,3-6,10,12H2,1-2H3. The lowest BCUT2D eigenvalue weighted by Crippen LogP contribution is -2.25. The summed E-state index contributed by atoms with van der Waals surface area (Å²) < 4.78 is 5.96. The summed E-state index contributed by atoms with van der Waals surface area (Å²) in [5, 5.41) is 9.55. The van der Waals surface area contributed by atoms with Crippen LogP contribution in [-0.4, -0.2) is 24.2 Å². The number of rotatable bonds is 1. The van der Waals surface area contributed by atoms with Crippen LogP contribution in [0.5, 0.6) is 0 Å².